The van der Waals surface area contributed by atoms with Crippen LogP contribution >= 0.6 is 22.6 Å². The summed E-state index contributed by atoms with van der Waals surface area (Å²) in [7, 11) is 0. The zero-order valence-corrected chi connectivity index (χ0v) is 7.50. The highest BCUT2D eigenvalue weighted by atomic mass is 127. The molecule has 66 valence electrons. The normalized spacial score (nSPS) is 15.4. The van der Waals surface area contributed by atoms with Gasteiger partial charge in [-0.05, 0) is 33.1 Å². The fraction of sp³-hybridized carbons (Fsp3) is 0.600. The minimum absolute atomic E-state index is 0.0927. The van der Waals surface area contributed by atoms with Gasteiger partial charge in [0.15, 0.2) is 0 Å². The van der Waals surface area contributed by atoms with Crippen molar-refractivity contribution in [3.8, 4) is 0 Å². The summed E-state index contributed by atoms with van der Waals surface area (Å²) in [6, 6.07) is 0. The van der Waals surface area contributed by atoms with Crippen molar-refractivity contribution in [3.63, 3.8) is 0 Å². The largest absolute Gasteiger partial charge is 0.457 e. The van der Waals surface area contributed by atoms with Crippen LogP contribution in [0.5, 0.6) is 0 Å². The van der Waals surface area contributed by atoms with Crippen LogP contribution in [0.3, 0.4) is 0 Å². The maximum absolute atomic E-state index is 12.0. The highest BCUT2D eigenvalue weighted by Crippen LogP contribution is 2.37. The second kappa shape index (κ2) is 3.24. The van der Waals surface area contributed by atoms with Crippen LogP contribution in [0.25, 0.3) is 0 Å². The van der Waals surface area contributed by atoms with Gasteiger partial charge in [0.05, 0.1) is 0 Å². The Hall–Kier alpha value is 0.120. The van der Waals surface area contributed by atoms with E-state index in [0.29, 0.717) is 0 Å². The molecule has 0 nitrogen and oxygen atoms in total. The van der Waals surface area contributed by atoms with Crippen molar-refractivity contribution < 1.29 is 22.0 Å². The van der Waals surface area contributed by atoms with Gasteiger partial charge in [0.1, 0.15) is 0 Å². The Labute approximate surface area is 73.6 Å². The topological polar surface area (TPSA) is 0 Å². The molecule has 11 heavy (non-hydrogen) atoms. The molecule has 0 aliphatic heterocycles. The Morgan fingerprint density at radius 3 is 1.64 bits per heavy atom. The van der Waals surface area contributed by atoms with E-state index in [9.17, 15) is 22.0 Å². The van der Waals surface area contributed by atoms with Crippen molar-refractivity contribution in [2.45, 2.75) is 19.0 Å². The van der Waals surface area contributed by atoms with E-state index in [1.165, 1.54) is 29.5 Å². The van der Waals surface area contributed by atoms with E-state index in [1.54, 1.807) is 0 Å². The summed E-state index contributed by atoms with van der Waals surface area (Å²) in [6.07, 6.45) is -5.60. The molecular formula is C5H4F5I. The van der Waals surface area contributed by atoms with Gasteiger partial charge in [-0.15, -0.1) is 0 Å². The lowest BCUT2D eigenvalue weighted by atomic mass is 10.3. The summed E-state index contributed by atoms with van der Waals surface area (Å²) in [5.74, 6) is -4.71. The summed E-state index contributed by atoms with van der Waals surface area (Å²) in [5, 5.41) is 0. The van der Waals surface area contributed by atoms with Crippen LogP contribution in [-0.4, -0.2) is 12.1 Å². The fourth-order valence-electron chi connectivity index (χ4n) is 0.332. The Balaban J connectivity index is 4.61. The molecule has 0 aromatic carbocycles. The van der Waals surface area contributed by atoms with E-state index in [4.69, 9.17) is 0 Å². The number of hydrogen-bond acceptors (Lipinski definition) is 0. The van der Waals surface area contributed by atoms with Crippen molar-refractivity contribution in [2.75, 3.05) is 0 Å². The van der Waals surface area contributed by atoms with Gasteiger partial charge < -0.3 is 0 Å². The molecule has 0 rings (SSSR count). The number of halogens is 6. The van der Waals surface area contributed by atoms with Gasteiger partial charge in [0.25, 0.3) is 0 Å². The lowest BCUT2D eigenvalue weighted by Gasteiger charge is -2.15. The monoisotopic (exact) mass is 286 g/mol. The average Bonchev–Trinajstić information content (AvgIpc) is 1.56. The fourth-order valence-corrected chi connectivity index (χ4v) is 0.723. The molecule has 6 heteroatoms. The zero-order valence-electron chi connectivity index (χ0n) is 5.35. The van der Waals surface area contributed by atoms with Crippen molar-refractivity contribution in [1.29, 1.82) is 0 Å². The van der Waals surface area contributed by atoms with E-state index < -0.39 is 12.1 Å². The molecule has 0 heterocycles. The number of alkyl halides is 5. The third kappa shape index (κ3) is 3.35. The number of rotatable bonds is 1. The van der Waals surface area contributed by atoms with Crippen molar-refractivity contribution in [1.82, 2.24) is 0 Å². The van der Waals surface area contributed by atoms with Gasteiger partial charge in [-0.1, -0.05) is 0 Å². The smallest absolute Gasteiger partial charge is 0.191 e. The molecule has 0 saturated heterocycles. The van der Waals surface area contributed by atoms with E-state index in [2.05, 4.69) is 0 Å². The Bertz CT molecular complexity index is 164. The van der Waals surface area contributed by atoms with Gasteiger partial charge in [0.2, 0.25) is 0 Å². The van der Waals surface area contributed by atoms with Gasteiger partial charge >= 0.3 is 12.1 Å². The molecule has 0 bridgehead atoms. The number of hydrogen-bond donors (Lipinski definition) is 0. The van der Waals surface area contributed by atoms with Crippen LogP contribution < -0.4 is 0 Å². The third-order valence-electron chi connectivity index (χ3n) is 0.758. The van der Waals surface area contributed by atoms with Crippen LogP contribution in [0, 0.1) is 0 Å². The minimum Gasteiger partial charge on any atom is -0.191 e. The molecular weight excluding hydrogens is 282 g/mol. The van der Waals surface area contributed by atoms with E-state index >= 15 is 0 Å². The van der Waals surface area contributed by atoms with E-state index in [1.807, 2.05) is 0 Å². The maximum atomic E-state index is 12.0. The summed E-state index contributed by atoms with van der Waals surface area (Å²) >= 11 is 1.39. The van der Waals surface area contributed by atoms with Gasteiger partial charge in [-0.25, -0.2) is 0 Å². The Morgan fingerprint density at radius 2 is 1.55 bits per heavy atom. The van der Waals surface area contributed by atoms with Gasteiger partial charge in [-0.3, -0.25) is 0 Å². The first kappa shape index (κ1) is 11.1. The predicted octanol–water partition coefficient (Wildman–Crippen LogP) is 3.52. The first-order valence-corrected chi connectivity index (χ1v) is 3.54. The van der Waals surface area contributed by atoms with Crippen LogP contribution in [0.15, 0.2) is 9.66 Å². The van der Waals surface area contributed by atoms with Crippen LogP contribution in [-0.2, 0) is 0 Å². The van der Waals surface area contributed by atoms with Crippen LogP contribution in [0.2, 0.25) is 0 Å². The Morgan fingerprint density at radius 1 is 1.18 bits per heavy atom. The molecule has 0 fully saturated rings. The standard InChI is InChI=1S/C5H4F5I/c1-3(11)2-4(6,7)5(8,9)10/h2H,1H3. The van der Waals surface area contributed by atoms with Crippen molar-refractivity contribution in [2.24, 2.45) is 0 Å². The lowest BCUT2D eigenvalue weighted by Crippen LogP contribution is -2.34. The molecule has 0 saturated carbocycles. The van der Waals surface area contributed by atoms with Crippen LogP contribution in [0.4, 0.5) is 22.0 Å². The van der Waals surface area contributed by atoms with Crippen LogP contribution in [0.1, 0.15) is 6.92 Å². The van der Waals surface area contributed by atoms with E-state index in [0.717, 1.165) is 0 Å². The second-order valence-corrected chi connectivity index (χ2v) is 3.55. The van der Waals surface area contributed by atoms with Gasteiger partial charge in [0, 0.05) is 6.08 Å². The molecule has 0 aromatic heterocycles. The quantitative estimate of drug-likeness (QED) is 0.511. The number of allylic oxidation sites excluding steroid dienone is 2. The Kier molecular flexibility index (Phi) is 3.27. The summed E-state index contributed by atoms with van der Waals surface area (Å²) < 4.78 is 58.0. The first-order chi connectivity index (χ1) is 4.67. The van der Waals surface area contributed by atoms with Crippen molar-refractivity contribution in [3.05, 3.63) is 9.66 Å². The summed E-state index contributed by atoms with van der Waals surface area (Å²) in [6.45, 7) is 1.17. The maximum Gasteiger partial charge on any atom is 0.457 e. The summed E-state index contributed by atoms with van der Waals surface area (Å²) in [4.78, 5) is 0. The highest BCUT2D eigenvalue weighted by molar-refractivity contribution is 14.1. The molecule has 0 amide bonds. The van der Waals surface area contributed by atoms with Gasteiger partial charge in [-0.2, -0.15) is 22.0 Å². The highest BCUT2D eigenvalue weighted by Gasteiger charge is 2.55. The molecule has 0 radical (unpaired) electrons. The average molecular weight is 286 g/mol. The molecule has 0 aliphatic rings. The third-order valence-corrected chi connectivity index (χ3v) is 1.07. The van der Waals surface area contributed by atoms with Crippen molar-refractivity contribution >= 4 is 22.6 Å². The molecule has 0 aliphatic carbocycles. The zero-order chi connectivity index (χ0) is 9.28. The second-order valence-electron chi connectivity index (χ2n) is 1.85. The lowest BCUT2D eigenvalue weighted by molar-refractivity contribution is -0.259. The summed E-state index contributed by atoms with van der Waals surface area (Å²) in [5.41, 5.74) is 0. The molecule has 0 aromatic rings. The SMILES string of the molecule is CC(I)=CC(F)(F)C(F)(F)F. The minimum atomic E-state index is -5.49. The first-order valence-electron chi connectivity index (χ1n) is 2.46. The molecule has 0 atom stereocenters. The molecule has 0 spiro atoms. The molecule has 0 unspecified atom stereocenters. The predicted molar refractivity (Wildman–Crippen MR) is 38.8 cm³/mol. The molecule has 0 N–H and O–H groups in total. The van der Waals surface area contributed by atoms with E-state index in [-0.39, 0.29) is 9.66 Å².